The van der Waals surface area contributed by atoms with E-state index in [0.29, 0.717) is 6.04 Å². The molecule has 0 amide bonds. The van der Waals surface area contributed by atoms with Gasteiger partial charge in [-0.05, 0) is 25.8 Å². The van der Waals surface area contributed by atoms with Gasteiger partial charge in [-0.25, -0.2) is 0 Å². The van der Waals surface area contributed by atoms with Crippen molar-refractivity contribution in [1.29, 1.82) is 0 Å². The first-order chi connectivity index (χ1) is 6.35. The Morgan fingerprint density at radius 3 is 2.31 bits per heavy atom. The van der Waals surface area contributed by atoms with Gasteiger partial charge in [0.05, 0.1) is 0 Å². The Balaban J connectivity index is 3.39. The molecule has 0 heterocycles. The van der Waals surface area contributed by atoms with E-state index in [-0.39, 0.29) is 0 Å². The fourth-order valence-electron chi connectivity index (χ4n) is 1.54. The van der Waals surface area contributed by atoms with E-state index in [9.17, 15) is 0 Å². The summed E-state index contributed by atoms with van der Waals surface area (Å²) in [5, 5.41) is 3.56. The quantitative estimate of drug-likeness (QED) is 0.448. The molecule has 0 aliphatic rings. The molecule has 76 valence electrons. The summed E-state index contributed by atoms with van der Waals surface area (Å²) in [6.45, 7) is 5.56. The number of nitrogens with one attached hydrogen (secondary N) is 1. The number of hydrogen-bond donors (Lipinski definition) is 1. The van der Waals surface area contributed by atoms with Gasteiger partial charge in [0.15, 0.2) is 0 Å². The van der Waals surface area contributed by atoms with Crippen molar-refractivity contribution in [2.24, 2.45) is 0 Å². The first-order valence-corrected chi connectivity index (χ1v) is 5.52. The molecule has 0 fully saturated rings. The van der Waals surface area contributed by atoms with Crippen LogP contribution in [0.1, 0.15) is 52.4 Å². The Morgan fingerprint density at radius 2 is 1.85 bits per heavy atom. The van der Waals surface area contributed by atoms with Crippen LogP contribution in [0.25, 0.3) is 0 Å². The molecule has 0 aromatic rings. The van der Waals surface area contributed by atoms with Crippen LogP contribution in [0.2, 0.25) is 0 Å². The van der Waals surface area contributed by atoms with Gasteiger partial charge in [0, 0.05) is 12.5 Å². The van der Waals surface area contributed by atoms with Crippen molar-refractivity contribution in [3.63, 3.8) is 0 Å². The Morgan fingerprint density at radius 1 is 1.23 bits per heavy atom. The molecular formula is C12H23N. The lowest BCUT2D eigenvalue weighted by Gasteiger charge is -2.16. The molecule has 13 heavy (non-hydrogen) atoms. The third-order valence-electron chi connectivity index (χ3n) is 2.21. The Labute approximate surface area is 83.3 Å². The lowest BCUT2D eigenvalue weighted by Crippen LogP contribution is -2.29. The highest BCUT2D eigenvalue weighted by Crippen LogP contribution is 2.04. The summed E-state index contributed by atoms with van der Waals surface area (Å²) in [4.78, 5) is 0. The monoisotopic (exact) mass is 181 g/mol. The van der Waals surface area contributed by atoms with Crippen LogP contribution in [0.4, 0.5) is 0 Å². The summed E-state index contributed by atoms with van der Waals surface area (Å²) in [5.41, 5.74) is 0. The van der Waals surface area contributed by atoms with Gasteiger partial charge in [0.2, 0.25) is 0 Å². The maximum atomic E-state index is 5.18. The van der Waals surface area contributed by atoms with Crippen molar-refractivity contribution in [3.8, 4) is 12.3 Å². The fourth-order valence-corrected chi connectivity index (χ4v) is 1.54. The van der Waals surface area contributed by atoms with Crippen LogP contribution in [0.3, 0.4) is 0 Å². The summed E-state index contributed by atoms with van der Waals surface area (Å²) in [6, 6.07) is 0.716. The van der Waals surface area contributed by atoms with Gasteiger partial charge in [-0.2, -0.15) is 0 Å². The molecule has 0 aliphatic carbocycles. The molecule has 1 nitrogen and oxygen atoms in total. The normalized spacial score (nSPS) is 10.3. The summed E-state index contributed by atoms with van der Waals surface area (Å²) in [6.07, 6.45) is 12.3. The van der Waals surface area contributed by atoms with Crippen molar-refractivity contribution >= 4 is 0 Å². The first-order valence-electron chi connectivity index (χ1n) is 5.52. The smallest absolute Gasteiger partial charge is 0.00981 e. The second kappa shape index (κ2) is 9.61. The standard InChI is InChI=1S/C12H23N/c1-4-7-8-11-13-12(9-5-2)10-6-3/h1,12-13H,5-11H2,2-3H3. The molecule has 0 aromatic carbocycles. The summed E-state index contributed by atoms with van der Waals surface area (Å²) < 4.78 is 0. The zero-order valence-electron chi connectivity index (χ0n) is 9.10. The van der Waals surface area contributed by atoms with Gasteiger partial charge >= 0.3 is 0 Å². The molecule has 0 unspecified atom stereocenters. The molecular weight excluding hydrogens is 158 g/mol. The minimum absolute atomic E-state index is 0.716. The molecule has 0 aliphatic heterocycles. The second-order valence-corrected chi connectivity index (χ2v) is 3.54. The minimum atomic E-state index is 0.716. The predicted octanol–water partition coefficient (Wildman–Crippen LogP) is 2.96. The van der Waals surface area contributed by atoms with Gasteiger partial charge in [0.1, 0.15) is 0 Å². The van der Waals surface area contributed by atoms with Crippen LogP contribution in [0, 0.1) is 12.3 Å². The van der Waals surface area contributed by atoms with Gasteiger partial charge in [0.25, 0.3) is 0 Å². The van der Waals surface area contributed by atoms with Gasteiger partial charge < -0.3 is 5.32 Å². The predicted molar refractivity (Wildman–Crippen MR) is 59.7 cm³/mol. The van der Waals surface area contributed by atoms with Crippen molar-refractivity contribution in [2.75, 3.05) is 6.54 Å². The Bertz CT molecular complexity index is 129. The molecule has 0 aromatic heterocycles. The van der Waals surface area contributed by atoms with Crippen molar-refractivity contribution in [2.45, 2.75) is 58.4 Å². The minimum Gasteiger partial charge on any atom is -0.314 e. The highest BCUT2D eigenvalue weighted by molar-refractivity contribution is 4.83. The number of hydrogen-bond acceptors (Lipinski definition) is 1. The maximum absolute atomic E-state index is 5.18. The second-order valence-electron chi connectivity index (χ2n) is 3.54. The lowest BCUT2D eigenvalue weighted by atomic mass is 10.1. The van der Waals surface area contributed by atoms with E-state index in [1.54, 1.807) is 0 Å². The Hall–Kier alpha value is -0.480. The van der Waals surface area contributed by atoms with E-state index in [2.05, 4.69) is 25.1 Å². The topological polar surface area (TPSA) is 12.0 Å². The third-order valence-corrected chi connectivity index (χ3v) is 2.21. The molecule has 1 heteroatoms. The molecule has 0 saturated carbocycles. The molecule has 0 atom stereocenters. The van der Waals surface area contributed by atoms with Crippen LogP contribution in [0.15, 0.2) is 0 Å². The zero-order chi connectivity index (χ0) is 9.94. The van der Waals surface area contributed by atoms with Crippen LogP contribution in [-0.2, 0) is 0 Å². The van der Waals surface area contributed by atoms with Crippen LogP contribution >= 0.6 is 0 Å². The Kier molecular flexibility index (Phi) is 9.25. The van der Waals surface area contributed by atoms with Crippen molar-refractivity contribution < 1.29 is 0 Å². The zero-order valence-corrected chi connectivity index (χ0v) is 9.10. The summed E-state index contributed by atoms with van der Waals surface area (Å²) >= 11 is 0. The lowest BCUT2D eigenvalue weighted by molar-refractivity contribution is 0.442. The average molecular weight is 181 g/mol. The SMILES string of the molecule is C#CCCCNC(CCC)CCC. The third kappa shape index (κ3) is 7.87. The molecule has 0 radical (unpaired) electrons. The van der Waals surface area contributed by atoms with Gasteiger partial charge in [-0.15, -0.1) is 12.3 Å². The van der Waals surface area contributed by atoms with E-state index in [1.165, 1.54) is 25.7 Å². The van der Waals surface area contributed by atoms with Crippen LogP contribution in [0.5, 0.6) is 0 Å². The molecule has 0 rings (SSSR count). The molecule has 1 N–H and O–H groups in total. The molecule has 0 spiro atoms. The molecule has 0 saturated heterocycles. The van der Waals surface area contributed by atoms with E-state index in [1.807, 2.05) is 0 Å². The van der Waals surface area contributed by atoms with E-state index in [0.717, 1.165) is 19.4 Å². The number of rotatable bonds is 8. The number of terminal acetylenes is 1. The highest BCUT2D eigenvalue weighted by atomic mass is 14.9. The summed E-state index contributed by atoms with van der Waals surface area (Å²) in [7, 11) is 0. The van der Waals surface area contributed by atoms with Gasteiger partial charge in [-0.1, -0.05) is 26.7 Å². The van der Waals surface area contributed by atoms with Crippen LogP contribution < -0.4 is 5.32 Å². The molecule has 0 bridgehead atoms. The number of unbranched alkanes of at least 4 members (excludes halogenated alkanes) is 1. The van der Waals surface area contributed by atoms with E-state index in [4.69, 9.17) is 6.42 Å². The first kappa shape index (κ1) is 12.5. The van der Waals surface area contributed by atoms with Crippen LogP contribution in [-0.4, -0.2) is 12.6 Å². The average Bonchev–Trinajstić information content (AvgIpc) is 2.13. The van der Waals surface area contributed by atoms with Gasteiger partial charge in [-0.3, -0.25) is 0 Å². The largest absolute Gasteiger partial charge is 0.314 e. The van der Waals surface area contributed by atoms with Crippen molar-refractivity contribution in [1.82, 2.24) is 5.32 Å². The maximum Gasteiger partial charge on any atom is 0.00981 e. The van der Waals surface area contributed by atoms with Crippen molar-refractivity contribution in [3.05, 3.63) is 0 Å². The summed E-state index contributed by atoms with van der Waals surface area (Å²) in [5.74, 6) is 2.67. The van der Waals surface area contributed by atoms with E-state index < -0.39 is 0 Å². The van der Waals surface area contributed by atoms with E-state index >= 15 is 0 Å². The fraction of sp³-hybridized carbons (Fsp3) is 0.833. The highest BCUT2D eigenvalue weighted by Gasteiger charge is 2.03.